The Morgan fingerprint density at radius 3 is 2.56 bits per heavy atom. The number of anilines is 1. The van der Waals surface area contributed by atoms with E-state index < -0.39 is 0 Å². The maximum absolute atomic E-state index is 11.5. The molecule has 0 aliphatic carbocycles. The summed E-state index contributed by atoms with van der Waals surface area (Å²) in [5, 5.41) is 2.34. The van der Waals surface area contributed by atoms with Crippen LogP contribution in [0.5, 0.6) is 0 Å². The summed E-state index contributed by atoms with van der Waals surface area (Å²) in [6.07, 6.45) is 0. The molecule has 3 heteroatoms. The Morgan fingerprint density at radius 2 is 1.78 bits per heavy atom. The van der Waals surface area contributed by atoms with Gasteiger partial charge in [0, 0.05) is 30.3 Å². The minimum absolute atomic E-state index is 0.0288. The Balaban J connectivity index is 2.37. The van der Waals surface area contributed by atoms with E-state index in [2.05, 4.69) is 17.1 Å². The number of H-pyrrole nitrogens is 1. The number of para-hydroxylation sites is 2. The van der Waals surface area contributed by atoms with Gasteiger partial charge in [-0.15, -0.1) is 0 Å². The second-order valence-corrected chi connectivity index (χ2v) is 4.45. The van der Waals surface area contributed by atoms with Gasteiger partial charge < -0.3 is 9.88 Å². The van der Waals surface area contributed by atoms with E-state index in [1.54, 1.807) is 18.9 Å². The average molecular weight is 238 g/mol. The summed E-state index contributed by atoms with van der Waals surface area (Å²) in [7, 11) is 1.79. The lowest BCUT2D eigenvalue weighted by Crippen LogP contribution is -2.22. The van der Waals surface area contributed by atoms with E-state index in [-0.39, 0.29) is 5.91 Å². The van der Waals surface area contributed by atoms with E-state index in [0.717, 1.165) is 22.1 Å². The summed E-state index contributed by atoms with van der Waals surface area (Å²) >= 11 is 0. The summed E-state index contributed by atoms with van der Waals surface area (Å²) in [5.74, 6) is 0.0288. The highest BCUT2D eigenvalue weighted by atomic mass is 16.2. The lowest BCUT2D eigenvalue weighted by atomic mass is 10.1. The number of nitrogens with one attached hydrogen (secondary N) is 1. The molecule has 3 rings (SSSR count). The number of aromatic nitrogens is 1. The highest BCUT2D eigenvalue weighted by Gasteiger charge is 2.12. The van der Waals surface area contributed by atoms with Crippen LogP contribution in [-0.4, -0.2) is 17.9 Å². The zero-order chi connectivity index (χ0) is 12.7. The monoisotopic (exact) mass is 238 g/mol. The summed E-state index contributed by atoms with van der Waals surface area (Å²) in [6.45, 7) is 1.57. The third-order valence-electron chi connectivity index (χ3n) is 3.35. The van der Waals surface area contributed by atoms with Crippen molar-refractivity contribution in [2.75, 3.05) is 11.9 Å². The van der Waals surface area contributed by atoms with Crippen molar-refractivity contribution in [1.82, 2.24) is 4.98 Å². The summed E-state index contributed by atoms with van der Waals surface area (Å²) in [4.78, 5) is 16.6. The molecule has 0 saturated heterocycles. The molecule has 3 nitrogen and oxygen atoms in total. The number of rotatable bonds is 1. The molecule has 3 aromatic rings. The van der Waals surface area contributed by atoms with Gasteiger partial charge in [0.2, 0.25) is 5.91 Å². The standard InChI is InChI=1S/C15H14N2O/c1-10(18)17(2)14-9-5-7-12-11-6-3-4-8-13(11)16-15(12)14/h3-9,16H,1-2H3. The minimum Gasteiger partial charge on any atom is -0.353 e. The number of fused-ring (bicyclic) bond motifs is 3. The lowest BCUT2D eigenvalue weighted by Gasteiger charge is -2.15. The number of carbonyl (C=O) groups excluding carboxylic acids is 1. The van der Waals surface area contributed by atoms with Crippen LogP contribution in [0, 0.1) is 0 Å². The van der Waals surface area contributed by atoms with Gasteiger partial charge in [-0.1, -0.05) is 30.3 Å². The van der Waals surface area contributed by atoms with E-state index >= 15 is 0 Å². The molecular weight excluding hydrogens is 224 g/mol. The van der Waals surface area contributed by atoms with Crippen LogP contribution in [0.15, 0.2) is 42.5 Å². The summed E-state index contributed by atoms with van der Waals surface area (Å²) in [5.41, 5.74) is 3.02. The Kier molecular flexibility index (Phi) is 2.33. The van der Waals surface area contributed by atoms with Crippen molar-refractivity contribution >= 4 is 33.4 Å². The normalized spacial score (nSPS) is 11.0. The van der Waals surface area contributed by atoms with Crippen LogP contribution in [0.1, 0.15) is 6.92 Å². The minimum atomic E-state index is 0.0288. The SMILES string of the molecule is CC(=O)N(C)c1cccc2c1[nH]c1ccccc12. The smallest absolute Gasteiger partial charge is 0.223 e. The third-order valence-corrected chi connectivity index (χ3v) is 3.35. The molecule has 1 aromatic heterocycles. The predicted octanol–water partition coefficient (Wildman–Crippen LogP) is 3.30. The number of hydrogen-bond acceptors (Lipinski definition) is 1. The first-order valence-corrected chi connectivity index (χ1v) is 5.92. The predicted molar refractivity (Wildman–Crippen MR) is 74.9 cm³/mol. The molecule has 0 unspecified atom stereocenters. The molecule has 0 bridgehead atoms. The number of carbonyl (C=O) groups is 1. The van der Waals surface area contributed by atoms with E-state index in [9.17, 15) is 4.79 Å². The third kappa shape index (κ3) is 1.48. The molecule has 0 aliphatic heterocycles. The first-order valence-electron chi connectivity index (χ1n) is 5.92. The summed E-state index contributed by atoms with van der Waals surface area (Å²) in [6, 6.07) is 14.2. The molecule has 18 heavy (non-hydrogen) atoms. The van der Waals surface area contributed by atoms with Crippen LogP contribution in [-0.2, 0) is 4.79 Å². The van der Waals surface area contributed by atoms with Crippen molar-refractivity contribution in [2.24, 2.45) is 0 Å². The largest absolute Gasteiger partial charge is 0.353 e. The van der Waals surface area contributed by atoms with Crippen LogP contribution in [0.2, 0.25) is 0 Å². The van der Waals surface area contributed by atoms with Crippen molar-refractivity contribution in [3.05, 3.63) is 42.5 Å². The van der Waals surface area contributed by atoms with Crippen LogP contribution < -0.4 is 4.90 Å². The quantitative estimate of drug-likeness (QED) is 0.693. The molecule has 1 heterocycles. The van der Waals surface area contributed by atoms with Gasteiger partial charge in [0.1, 0.15) is 0 Å². The first-order chi connectivity index (χ1) is 8.68. The molecule has 0 aliphatic rings. The fourth-order valence-corrected chi connectivity index (χ4v) is 2.31. The van der Waals surface area contributed by atoms with Gasteiger partial charge in [-0.2, -0.15) is 0 Å². The van der Waals surface area contributed by atoms with Crippen LogP contribution in [0.25, 0.3) is 21.8 Å². The van der Waals surface area contributed by atoms with E-state index in [0.29, 0.717) is 0 Å². The first kappa shape index (κ1) is 10.8. The molecule has 0 atom stereocenters. The van der Waals surface area contributed by atoms with E-state index in [1.165, 1.54) is 5.39 Å². The maximum atomic E-state index is 11.5. The molecule has 1 N–H and O–H groups in total. The van der Waals surface area contributed by atoms with Crippen molar-refractivity contribution in [2.45, 2.75) is 6.92 Å². The van der Waals surface area contributed by atoms with Crippen molar-refractivity contribution in [1.29, 1.82) is 0 Å². The Morgan fingerprint density at radius 1 is 1.06 bits per heavy atom. The van der Waals surface area contributed by atoms with Gasteiger partial charge in [0.05, 0.1) is 11.2 Å². The molecule has 2 aromatic carbocycles. The highest BCUT2D eigenvalue weighted by Crippen LogP contribution is 2.31. The highest BCUT2D eigenvalue weighted by molar-refractivity contribution is 6.13. The van der Waals surface area contributed by atoms with Crippen LogP contribution in [0.3, 0.4) is 0 Å². The zero-order valence-corrected chi connectivity index (χ0v) is 10.4. The second kappa shape index (κ2) is 3.88. The van der Waals surface area contributed by atoms with Gasteiger partial charge >= 0.3 is 0 Å². The number of benzene rings is 2. The van der Waals surface area contributed by atoms with Crippen LogP contribution in [0.4, 0.5) is 5.69 Å². The van der Waals surface area contributed by atoms with Crippen molar-refractivity contribution in [3.63, 3.8) is 0 Å². The molecule has 90 valence electrons. The Hall–Kier alpha value is -2.29. The van der Waals surface area contributed by atoms with Gasteiger partial charge in [-0.3, -0.25) is 4.79 Å². The van der Waals surface area contributed by atoms with Gasteiger partial charge in [0.15, 0.2) is 0 Å². The molecule has 0 saturated carbocycles. The fraction of sp³-hybridized carbons (Fsp3) is 0.133. The fourth-order valence-electron chi connectivity index (χ4n) is 2.31. The summed E-state index contributed by atoms with van der Waals surface area (Å²) < 4.78 is 0. The number of amides is 1. The van der Waals surface area contributed by atoms with Crippen molar-refractivity contribution < 1.29 is 4.79 Å². The van der Waals surface area contributed by atoms with E-state index in [1.807, 2.05) is 30.3 Å². The number of hydrogen-bond donors (Lipinski definition) is 1. The van der Waals surface area contributed by atoms with Gasteiger partial charge in [-0.25, -0.2) is 0 Å². The Bertz CT molecular complexity index is 742. The molecule has 1 amide bonds. The van der Waals surface area contributed by atoms with E-state index in [4.69, 9.17) is 0 Å². The molecule has 0 radical (unpaired) electrons. The second-order valence-electron chi connectivity index (χ2n) is 4.45. The van der Waals surface area contributed by atoms with Crippen LogP contribution >= 0.6 is 0 Å². The molecular formula is C15H14N2O. The van der Waals surface area contributed by atoms with Gasteiger partial charge in [0.25, 0.3) is 0 Å². The number of aromatic amines is 1. The Labute approximate surface area is 105 Å². The average Bonchev–Trinajstić information content (AvgIpc) is 2.76. The molecule has 0 fully saturated rings. The number of nitrogens with zero attached hydrogens (tertiary/aromatic N) is 1. The van der Waals surface area contributed by atoms with Crippen molar-refractivity contribution in [3.8, 4) is 0 Å². The topological polar surface area (TPSA) is 36.1 Å². The molecule has 0 spiro atoms. The lowest BCUT2D eigenvalue weighted by molar-refractivity contribution is -0.116. The zero-order valence-electron chi connectivity index (χ0n) is 10.4. The van der Waals surface area contributed by atoms with Gasteiger partial charge in [-0.05, 0) is 12.1 Å². The maximum Gasteiger partial charge on any atom is 0.223 e.